The number of fused-ring (bicyclic) bond motifs is 1. The summed E-state index contributed by atoms with van der Waals surface area (Å²) < 4.78 is 2.08. The van der Waals surface area contributed by atoms with Gasteiger partial charge in [0.25, 0.3) is 0 Å². The second-order valence-corrected chi connectivity index (χ2v) is 14.9. The van der Waals surface area contributed by atoms with Gasteiger partial charge < -0.3 is 9.55 Å². The first kappa shape index (κ1) is 32.6. The average Bonchev–Trinajstić information content (AvgIpc) is 3.63. The molecule has 0 saturated heterocycles. The van der Waals surface area contributed by atoms with Crippen molar-refractivity contribution in [3.05, 3.63) is 114 Å². The minimum absolute atomic E-state index is 0. The molecule has 0 amide bonds. The van der Waals surface area contributed by atoms with Crippen LogP contribution in [0.1, 0.15) is 79.1 Å². The van der Waals surface area contributed by atoms with E-state index in [1.807, 2.05) is 24.4 Å². The van der Waals surface area contributed by atoms with Gasteiger partial charge in [-0.25, -0.2) is 0 Å². The summed E-state index contributed by atoms with van der Waals surface area (Å²) >= 11 is 0. The first-order chi connectivity index (χ1) is 20.7. The Morgan fingerprint density at radius 1 is 0.644 bits per heavy atom. The molecule has 4 nitrogen and oxygen atoms in total. The van der Waals surface area contributed by atoms with Gasteiger partial charge in [0.05, 0.1) is 5.65 Å². The van der Waals surface area contributed by atoms with E-state index in [1.54, 1.807) is 0 Å². The zero-order valence-corrected chi connectivity index (χ0v) is 30.0. The summed E-state index contributed by atoms with van der Waals surface area (Å²) in [6, 6.07) is 31.7. The van der Waals surface area contributed by atoms with E-state index in [9.17, 15) is 0 Å². The van der Waals surface area contributed by atoms with Gasteiger partial charge in [0, 0.05) is 17.6 Å². The Bertz CT molecular complexity index is 1930. The SMILES string of the molecule is CC(C)(C)c1cc(-c2cc(-c3ccccn3)[c-]c(-c3ccc4ccn(-c5ccc(C(C)(C)C)[n-]5)c4n3)c2)cc(C(C)(C)C)c1.[Pt+2]. The molecule has 6 aromatic rings. The Hall–Kier alpha value is -3.75. The van der Waals surface area contributed by atoms with E-state index >= 15 is 0 Å². The summed E-state index contributed by atoms with van der Waals surface area (Å²) in [4.78, 5) is 14.8. The third-order valence-electron chi connectivity index (χ3n) is 8.26. The Labute approximate surface area is 282 Å². The molecule has 4 aromatic heterocycles. The van der Waals surface area contributed by atoms with E-state index in [2.05, 4.69) is 145 Å². The fourth-order valence-electron chi connectivity index (χ4n) is 5.44. The number of benzene rings is 2. The maximum atomic E-state index is 5.21. The summed E-state index contributed by atoms with van der Waals surface area (Å²) in [5, 5.41) is 1.07. The van der Waals surface area contributed by atoms with Gasteiger partial charge in [-0.2, -0.15) is 0 Å². The van der Waals surface area contributed by atoms with Crippen molar-refractivity contribution in [2.75, 3.05) is 0 Å². The van der Waals surface area contributed by atoms with E-state index < -0.39 is 0 Å². The second-order valence-electron chi connectivity index (χ2n) is 14.9. The average molecular weight is 774 g/mol. The number of rotatable bonds is 4. The van der Waals surface area contributed by atoms with Crippen molar-refractivity contribution in [2.24, 2.45) is 0 Å². The molecule has 0 bridgehead atoms. The first-order valence-corrected chi connectivity index (χ1v) is 15.5. The zero-order chi connectivity index (χ0) is 31.4. The molecule has 0 N–H and O–H groups in total. The van der Waals surface area contributed by atoms with Gasteiger partial charge in [0.2, 0.25) is 0 Å². The molecule has 45 heavy (non-hydrogen) atoms. The molecule has 4 heterocycles. The van der Waals surface area contributed by atoms with Gasteiger partial charge in [0.1, 0.15) is 0 Å². The molecule has 0 aliphatic heterocycles. The Balaban J connectivity index is 0.00000400. The van der Waals surface area contributed by atoms with E-state index in [1.165, 1.54) is 16.7 Å². The topological polar surface area (TPSA) is 44.8 Å². The van der Waals surface area contributed by atoms with Crippen LogP contribution in [0.15, 0.2) is 91.3 Å². The van der Waals surface area contributed by atoms with Gasteiger partial charge in [-0.3, -0.25) is 9.97 Å². The van der Waals surface area contributed by atoms with Crippen molar-refractivity contribution < 1.29 is 21.1 Å². The van der Waals surface area contributed by atoms with Crippen LogP contribution in [0.3, 0.4) is 0 Å². The third-order valence-corrected chi connectivity index (χ3v) is 8.26. The minimum atomic E-state index is -0.0196. The van der Waals surface area contributed by atoms with Crippen LogP contribution in [0, 0.1) is 6.07 Å². The largest absolute Gasteiger partial charge is 2.00 e. The van der Waals surface area contributed by atoms with Gasteiger partial charge >= 0.3 is 21.1 Å². The van der Waals surface area contributed by atoms with Crippen LogP contribution in [0.5, 0.6) is 0 Å². The fraction of sp³-hybridized carbons (Fsp3) is 0.300. The molecular formula is C40H42N4Pt. The molecule has 0 unspecified atom stereocenters. The van der Waals surface area contributed by atoms with Crippen LogP contribution < -0.4 is 4.98 Å². The van der Waals surface area contributed by atoms with Crippen molar-refractivity contribution in [3.8, 4) is 39.5 Å². The summed E-state index contributed by atoms with van der Waals surface area (Å²) in [5.74, 6) is 0.884. The number of pyridine rings is 2. The van der Waals surface area contributed by atoms with Gasteiger partial charge in [-0.1, -0.05) is 157 Å². The Kier molecular flexibility index (Phi) is 8.61. The van der Waals surface area contributed by atoms with Crippen LogP contribution in [0.25, 0.3) is 50.5 Å². The predicted octanol–water partition coefficient (Wildman–Crippen LogP) is 10.1. The monoisotopic (exact) mass is 773 g/mol. The molecule has 0 saturated carbocycles. The van der Waals surface area contributed by atoms with E-state index in [0.717, 1.165) is 50.6 Å². The van der Waals surface area contributed by atoms with Gasteiger partial charge in [0.15, 0.2) is 0 Å². The van der Waals surface area contributed by atoms with Crippen molar-refractivity contribution in [2.45, 2.75) is 78.6 Å². The van der Waals surface area contributed by atoms with Gasteiger partial charge in [-0.05, 0) is 44.4 Å². The fourth-order valence-corrected chi connectivity index (χ4v) is 5.44. The summed E-state index contributed by atoms with van der Waals surface area (Å²) in [6.07, 6.45) is 3.89. The standard InChI is InChI=1S/C40H42N4.Pt/c1-38(2,3)31-23-28(24-32(25-31)39(4,5)6)27-20-29(33-12-10-11-18-41-33)22-30(21-27)34-14-13-26-17-19-44(37(26)42-34)36-16-15-35(43-36)40(7,8)9;/h10-21,23-25H,1-9H3;/q-2;+2. The number of hydrogen-bond acceptors (Lipinski definition) is 2. The van der Waals surface area contributed by atoms with E-state index in [4.69, 9.17) is 9.97 Å². The van der Waals surface area contributed by atoms with Crippen molar-refractivity contribution in [1.29, 1.82) is 0 Å². The van der Waals surface area contributed by atoms with Crippen molar-refractivity contribution >= 4 is 11.0 Å². The maximum absolute atomic E-state index is 5.21. The summed E-state index contributed by atoms with van der Waals surface area (Å²) in [7, 11) is 0. The molecule has 0 fully saturated rings. The minimum Gasteiger partial charge on any atom is -0.439 e. The van der Waals surface area contributed by atoms with E-state index in [0.29, 0.717) is 0 Å². The molecule has 0 radical (unpaired) electrons. The summed E-state index contributed by atoms with van der Waals surface area (Å²) in [5.41, 5.74) is 10.6. The number of nitrogens with zero attached hydrogens (tertiary/aromatic N) is 4. The van der Waals surface area contributed by atoms with Crippen LogP contribution in [-0.4, -0.2) is 14.5 Å². The third kappa shape index (κ3) is 6.77. The smallest absolute Gasteiger partial charge is 0.439 e. The quantitative estimate of drug-likeness (QED) is 0.168. The number of aromatic nitrogens is 4. The zero-order valence-electron chi connectivity index (χ0n) is 27.8. The van der Waals surface area contributed by atoms with Crippen LogP contribution in [0.4, 0.5) is 0 Å². The van der Waals surface area contributed by atoms with Crippen molar-refractivity contribution in [3.63, 3.8) is 0 Å². The number of hydrogen-bond donors (Lipinski definition) is 0. The molecular weight excluding hydrogens is 732 g/mol. The van der Waals surface area contributed by atoms with Gasteiger partial charge in [-0.15, -0.1) is 18.2 Å². The maximum Gasteiger partial charge on any atom is 2.00 e. The Morgan fingerprint density at radius 3 is 1.87 bits per heavy atom. The molecule has 0 spiro atoms. The van der Waals surface area contributed by atoms with Crippen molar-refractivity contribution in [1.82, 2.24) is 19.5 Å². The molecule has 0 aliphatic rings. The van der Waals surface area contributed by atoms with Crippen LogP contribution in [0.2, 0.25) is 0 Å². The molecule has 5 heteroatoms. The molecule has 232 valence electrons. The predicted molar refractivity (Wildman–Crippen MR) is 183 cm³/mol. The molecule has 2 aromatic carbocycles. The van der Waals surface area contributed by atoms with Crippen LogP contribution >= 0.6 is 0 Å². The summed E-state index contributed by atoms with van der Waals surface area (Å²) in [6.45, 7) is 20.2. The molecule has 0 atom stereocenters. The molecule has 6 rings (SSSR count). The van der Waals surface area contributed by atoms with E-state index in [-0.39, 0.29) is 37.3 Å². The normalized spacial score (nSPS) is 12.4. The second kappa shape index (κ2) is 11.9. The Morgan fingerprint density at radius 2 is 1.29 bits per heavy atom. The first-order valence-electron chi connectivity index (χ1n) is 15.5. The van der Waals surface area contributed by atoms with Crippen LogP contribution in [-0.2, 0) is 37.3 Å². The molecule has 0 aliphatic carbocycles.